The van der Waals surface area contributed by atoms with Gasteiger partial charge >= 0.3 is 0 Å². The van der Waals surface area contributed by atoms with Gasteiger partial charge in [0.15, 0.2) is 5.78 Å². The summed E-state index contributed by atoms with van der Waals surface area (Å²) in [6, 6.07) is 2.13. The van der Waals surface area contributed by atoms with E-state index in [9.17, 15) is 4.79 Å². The van der Waals surface area contributed by atoms with Gasteiger partial charge < -0.3 is 0 Å². The van der Waals surface area contributed by atoms with E-state index in [-0.39, 0.29) is 5.78 Å². The van der Waals surface area contributed by atoms with E-state index >= 15 is 0 Å². The smallest absolute Gasteiger partial charge is 0.157 e. The normalized spacial score (nSPS) is 15.1. The van der Waals surface area contributed by atoms with Crippen LogP contribution in [-0.2, 0) is 4.79 Å². The van der Waals surface area contributed by atoms with E-state index in [1.54, 1.807) is 6.92 Å². The van der Waals surface area contributed by atoms with Crippen molar-refractivity contribution in [2.45, 2.75) is 46.5 Å². The van der Waals surface area contributed by atoms with Gasteiger partial charge in [0.25, 0.3) is 0 Å². The molecule has 0 saturated heterocycles. The monoisotopic (exact) mass is 229 g/mol. The predicted octanol–water partition coefficient (Wildman–Crippen LogP) is 3.86. The summed E-state index contributed by atoms with van der Waals surface area (Å²) >= 11 is 0. The van der Waals surface area contributed by atoms with Crippen molar-refractivity contribution in [1.82, 2.24) is 0 Å². The summed E-state index contributed by atoms with van der Waals surface area (Å²) in [5.74, 6) is 0.0364. The van der Waals surface area contributed by atoms with E-state index in [1.165, 1.54) is 11.1 Å². The van der Waals surface area contributed by atoms with Crippen molar-refractivity contribution in [2.75, 3.05) is 0 Å². The maximum Gasteiger partial charge on any atom is 0.157 e. The van der Waals surface area contributed by atoms with E-state index < -0.39 is 0 Å². The molecule has 0 spiro atoms. The Morgan fingerprint density at radius 3 is 2.71 bits per heavy atom. The van der Waals surface area contributed by atoms with Crippen molar-refractivity contribution < 1.29 is 4.79 Å². The molecule has 0 heterocycles. The molecule has 0 amide bonds. The topological polar surface area (TPSA) is 40.9 Å². The highest BCUT2D eigenvalue weighted by Crippen LogP contribution is 2.27. The van der Waals surface area contributed by atoms with Crippen LogP contribution in [0.4, 0.5) is 0 Å². The predicted molar refractivity (Wildman–Crippen MR) is 69.3 cm³/mol. The molecule has 0 aromatic heterocycles. The summed E-state index contributed by atoms with van der Waals surface area (Å²) < 4.78 is 0. The Morgan fingerprint density at radius 2 is 2.18 bits per heavy atom. The Bertz CT molecular complexity index is 440. The van der Waals surface area contributed by atoms with Gasteiger partial charge in [-0.15, -0.1) is 0 Å². The number of nitrogens with zero attached hydrogens (tertiary/aromatic N) is 1. The van der Waals surface area contributed by atoms with Gasteiger partial charge in [0.2, 0.25) is 0 Å². The van der Waals surface area contributed by atoms with Gasteiger partial charge in [0.05, 0.1) is 6.07 Å². The summed E-state index contributed by atoms with van der Waals surface area (Å²) in [6.07, 6.45) is 7.59. The summed E-state index contributed by atoms with van der Waals surface area (Å²) in [6.45, 7) is 5.72. The average molecular weight is 229 g/mol. The van der Waals surface area contributed by atoms with Crippen molar-refractivity contribution in [3.63, 3.8) is 0 Å². The number of hydrogen-bond acceptors (Lipinski definition) is 2. The minimum atomic E-state index is 0.0364. The molecule has 0 atom stereocenters. The standard InChI is InChI=1S/C15H19NO/c1-11(2)5-4-6-13-7-8-14(10-16)15(9-13)12(3)17/h5,7H,4,6,8-9H2,1-3H3. The van der Waals surface area contributed by atoms with Crippen molar-refractivity contribution in [3.05, 3.63) is 34.4 Å². The second-order valence-corrected chi connectivity index (χ2v) is 4.69. The first-order valence-corrected chi connectivity index (χ1v) is 5.99. The molecule has 0 aromatic rings. The average Bonchev–Trinajstić information content (AvgIpc) is 2.28. The summed E-state index contributed by atoms with van der Waals surface area (Å²) in [7, 11) is 0. The Labute approximate surface area is 103 Å². The maximum absolute atomic E-state index is 11.4. The van der Waals surface area contributed by atoms with Crippen LogP contribution in [-0.4, -0.2) is 5.78 Å². The third kappa shape index (κ3) is 4.03. The van der Waals surface area contributed by atoms with E-state index in [4.69, 9.17) is 5.26 Å². The molecule has 1 aliphatic carbocycles. The number of rotatable bonds is 4. The number of hydrogen-bond donors (Lipinski definition) is 0. The molecule has 0 aliphatic heterocycles. The molecule has 2 nitrogen and oxygen atoms in total. The Hall–Kier alpha value is -1.62. The van der Waals surface area contributed by atoms with Crippen LogP contribution in [0.2, 0.25) is 0 Å². The molecule has 0 N–H and O–H groups in total. The Kier molecular flexibility index (Phi) is 4.90. The SMILES string of the molecule is CC(=O)C1=C(C#N)CC=C(CCC=C(C)C)C1. The fourth-order valence-electron chi connectivity index (χ4n) is 1.96. The molecule has 0 bridgehead atoms. The van der Waals surface area contributed by atoms with Gasteiger partial charge in [-0.3, -0.25) is 4.79 Å². The minimum absolute atomic E-state index is 0.0364. The highest BCUT2D eigenvalue weighted by molar-refractivity contribution is 5.95. The van der Waals surface area contributed by atoms with Gasteiger partial charge in [-0.05, 0) is 40.0 Å². The lowest BCUT2D eigenvalue weighted by atomic mass is 9.88. The third-order valence-corrected chi connectivity index (χ3v) is 2.94. The van der Waals surface area contributed by atoms with Gasteiger partial charge in [-0.1, -0.05) is 23.3 Å². The lowest BCUT2D eigenvalue weighted by Gasteiger charge is -2.15. The van der Waals surface area contributed by atoms with Crippen molar-refractivity contribution >= 4 is 5.78 Å². The lowest BCUT2D eigenvalue weighted by molar-refractivity contribution is -0.113. The Balaban J connectivity index is 2.65. The first-order chi connectivity index (χ1) is 8.04. The van der Waals surface area contributed by atoms with Crippen LogP contribution in [0.3, 0.4) is 0 Å². The first-order valence-electron chi connectivity index (χ1n) is 5.99. The largest absolute Gasteiger partial charge is 0.295 e. The summed E-state index contributed by atoms with van der Waals surface area (Å²) in [5, 5.41) is 8.95. The third-order valence-electron chi connectivity index (χ3n) is 2.94. The zero-order valence-electron chi connectivity index (χ0n) is 10.8. The number of allylic oxidation sites excluding steroid dienone is 6. The summed E-state index contributed by atoms with van der Waals surface area (Å²) in [5.41, 5.74) is 3.96. The zero-order chi connectivity index (χ0) is 12.8. The molecule has 0 fully saturated rings. The molecule has 1 rings (SSSR count). The summed E-state index contributed by atoms with van der Waals surface area (Å²) in [4.78, 5) is 11.4. The van der Waals surface area contributed by atoms with Crippen LogP contribution in [0, 0.1) is 11.3 Å². The van der Waals surface area contributed by atoms with E-state index in [2.05, 4.69) is 32.1 Å². The van der Waals surface area contributed by atoms with Crippen LogP contribution in [0.25, 0.3) is 0 Å². The molecule has 90 valence electrons. The highest BCUT2D eigenvalue weighted by Gasteiger charge is 2.16. The van der Waals surface area contributed by atoms with Gasteiger partial charge in [-0.25, -0.2) is 0 Å². The second-order valence-electron chi connectivity index (χ2n) is 4.69. The number of ketones is 1. The fraction of sp³-hybridized carbons (Fsp3) is 0.467. The fourth-order valence-corrected chi connectivity index (χ4v) is 1.96. The van der Waals surface area contributed by atoms with Gasteiger partial charge in [0.1, 0.15) is 0 Å². The quantitative estimate of drug-likeness (QED) is 0.687. The van der Waals surface area contributed by atoms with E-state index in [0.717, 1.165) is 12.8 Å². The molecule has 0 unspecified atom stereocenters. The van der Waals surface area contributed by atoms with Gasteiger partial charge in [-0.2, -0.15) is 5.26 Å². The second kappa shape index (κ2) is 6.20. The van der Waals surface area contributed by atoms with E-state index in [1.807, 2.05) is 0 Å². The first kappa shape index (κ1) is 13.4. The molecule has 0 aromatic carbocycles. The molecule has 1 aliphatic rings. The van der Waals surface area contributed by atoms with Crippen LogP contribution in [0.1, 0.15) is 46.5 Å². The maximum atomic E-state index is 11.4. The van der Waals surface area contributed by atoms with Crippen LogP contribution in [0.15, 0.2) is 34.4 Å². The number of carbonyl (C=O) groups is 1. The van der Waals surface area contributed by atoms with Crippen LogP contribution in [0.5, 0.6) is 0 Å². The molecular weight excluding hydrogens is 210 g/mol. The van der Waals surface area contributed by atoms with Crippen molar-refractivity contribution in [2.24, 2.45) is 0 Å². The minimum Gasteiger partial charge on any atom is -0.295 e. The van der Waals surface area contributed by atoms with Crippen LogP contribution >= 0.6 is 0 Å². The number of nitriles is 1. The molecule has 0 saturated carbocycles. The Morgan fingerprint density at radius 1 is 1.47 bits per heavy atom. The van der Waals surface area contributed by atoms with Crippen molar-refractivity contribution in [1.29, 1.82) is 5.26 Å². The zero-order valence-corrected chi connectivity index (χ0v) is 10.8. The van der Waals surface area contributed by atoms with Gasteiger partial charge in [0, 0.05) is 17.6 Å². The highest BCUT2D eigenvalue weighted by atomic mass is 16.1. The van der Waals surface area contributed by atoms with Crippen molar-refractivity contribution in [3.8, 4) is 6.07 Å². The molecule has 2 heteroatoms. The van der Waals surface area contributed by atoms with Crippen LogP contribution < -0.4 is 0 Å². The number of carbonyl (C=O) groups excluding carboxylic acids is 1. The number of Topliss-reactive ketones (excluding diaryl/α,β-unsaturated/α-hetero) is 1. The molecular formula is C15H19NO. The van der Waals surface area contributed by atoms with E-state index in [0.29, 0.717) is 24.0 Å². The molecule has 17 heavy (non-hydrogen) atoms. The molecule has 0 radical (unpaired) electrons. The lowest BCUT2D eigenvalue weighted by Crippen LogP contribution is -2.06.